The summed E-state index contributed by atoms with van der Waals surface area (Å²) < 4.78 is 1.47. The van der Waals surface area contributed by atoms with Gasteiger partial charge in [0.1, 0.15) is 24.5 Å². The third kappa shape index (κ3) is 9.53. The van der Waals surface area contributed by atoms with E-state index in [0.717, 1.165) is 5.56 Å². The minimum atomic E-state index is -0.976. The van der Waals surface area contributed by atoms with E-state index < -0.39 is 29.9 Å². The molecule has 4 aromatic rings. The molecule has 5 rings (SSSR count). The molecule has 14 nitrogen and oxygen atoms in total. The van der Waals surface area contributed by atoms with E-state index in [0.29, 0.717) is 34.5 Å². The van der Waals surface area contributed by atoms with Gasteiger partial charge in [-0.1, -0.05) is 62.4 Å². The molecule has 0 aliphatic carbocycles. The first-order valence-electron chi connectivity index (χ1n) is 17.2. The maximum Gasteiger partial charge on any atom is 0.254 e. The molecule has 268 valence electrons. The lowest BCUT2D eigenvalue weighted by Gasteiger charge is -2.27. The Hall–Kier alpha value is -5.66. The molecule has 0 saturated heterocycles. The predicted octanol–water partition coefficient (Wildman–Crippen LogP) is 2.23. The van der Waals surface area contributed by atoms with Crippen LogP contribution in [0, 0.1) is 12.8 Å². The first-order valence-corrected chi connectivity index (χ1v) is 17.2. The fourth-order valence-electron chi connectivity index (χ4n) is 6.06. The van der Waals surface area contributed by atoms with Gasteiger partial charge in [0.15, 0.2) is 5.82 Å². The quantitative estimate of drug-likeness (QED) is 0.251. The average Bonchev–Trinajstić information content (AvgIpc) is 3.47. The van der Waals surface area contributed by atoms with Crippen LogP contribution in [0.4, 0.5) is 0 Å². The molecule has 0 fully saturated rings. The fraction of sp³-hybridized carbons (Fsp3) is 0.405. The van der Waals surface area contributed by atoms with E-state index in [-0.39, 0.29) is 62.7 Å². The number of rotatable bonds is 4. The van der Waals surface area contributed by atoms with Gasteiger partial charge in [-0.2, -0.15) is 5.10 Å². The molecule has 0 bridgehead atoms. The van der Waals surface area contributed by atoms with Crippen LogP contribution in [0.1, 0.15) is 67.2 Å². The monoisotopic (exact) mass is 695 g/mol. The normalized spacial score (nSPS) is 20.2. The second-order valence-corrected chi connectivity index (χ2v) is 13.1. The van der Waals surface area contributed by atoms with Crippen LogP contribution in [-0.4, -0.2) is 85.9 Å². The molecule has 14 heteroatoms. The number of aryl methyl sites for hydroxylation is 1. The molecule has 4 N–H and O–H groups in total. The van der Waals surface area contributed by atoms with Crippen molar-refractivity contribution in [3.63, 3.8) is 0 Å². The summed E-state index contributed by atoms with van der Waals surface area (Å²) in [5.74, 6) is -1.29. The Morgan fingerprint density at radius 2 is 1.65 bits per heavy atom. The van der Waals surface area contributed by atoms with Crippen LogP contribution in [-0.2, 0) is 32.1 Å². The van der Waals surface area contributed by atoms with Gasteiger partial charge in [-0.25, -0.2) is 9.67 Å². The molecule has 2 aromatic heterocycles. The van der Waals surface area contributed by atoms with Gasteiger partial charge >= 0.3 is 0 Å². The van der Waals surface area contributed by atoms with Crippen molar-refractivity contribution in [3.05, 3.63) is 89.6 Å². The minimum absolute atomic E-state index is 0.0449. The van der Waals surface area contributed by atoms with Crippen molar-refractivity contribution in [1.29, 1.82) is 0 Å². The first kappa shape index (κ1) is 36.6. The third-order valence-corrected chi connectivity index (χ3v) is 8.73. The smallest absolute Gasteiger partial charge is 0.254 e. The van der Waals surface area contributed by atoms with Crippen LogP contribution in [0.3, 0.4) is 0 Å². The van der Waals surface area contributed by atoms with Gasteiger partial charge < -0.3 is 26.2 Å². The summed E-state index contributed by atoms with van der Waals surface area (Å²) in [5, 5.41) is 16.6. The van der Waals surface area contributed by atoms with E-state index >= 15 is 0 Å². The third-order valence-electron chi connectivity index (χ3n) is 8.73. The lowest BCUT2D eigenvalue weighted by atomic mass is 10.0. The molecular formula is C37H45N9O5. The van der Waals surface area contributed by atoms with E-state index in [2.05, 4.69) is 36.3 Å². The summed E-state index contributed by atoms with van der Waals surface area (Å²) in [5.41, 5.74) is 1.97. The Kier molecular flexibility index (Phi) is 12.1. The predicted molar refractivity (Wildman–Crippen MR) is 190 cm³/mol. The fourth-order valence-corrected chi connectivity index (χ4v) is 6.06. The number of para-hydroxylation sites is 1. The SMILES string of the molecule is Cc1nc2n(n1)CC(=O)NCCN(C(=O)c1ccnc3ccccc13)CCCC(=O)N[C@@H](C)C(=O)N[C@H](Cc1ccccc1)C(=O)N[C@H]2C(C)C. The standard InChI is InChI=1S/C37H45N9O5/c1-23(2)33-34-41-25(4)44-46(34)22-32(48)39-18-20-45(37(51)28-16-17-38-29-14-9-8-13-27(28)29)19-10-15-31(47)40-24(3)35(49)42-30(36(50)43-33)21-26-11-6-5-7-12-26/h5-9,11-14,16-17,23-24,30,33H,10,15,18-22H2,1-4H3,(H,39,48)(H,40,47)(H,42,49)(H,43,50)/t24-,30+,33-/m0/s1. The van der Waals surface area contributed by atoms with Crippen molar-refractivity contribution < 1.29 is 24.0 Å². The number of nitrogens with zero attached hydrogens (tertiary/aromatic N) is 5. The number of benzene rings is 2. The maximum atomic E-state index is 13.9. The molecule has 2 aromatic carbocycles. The zero-order valence-corrected chi connectivity index (χ0v) is 29.4. The van der Waals surface area contributed by atoms with E-state index in [4.69, 9.17) is 0 Å². The number of carbonyl (C=O) groups is 5. The van der Waals surface area contributed by atoms with Crippen molar-refractivity contribution in [1.82, 2.24) is 45.9 Å². The number of fused-ring (bicyclic) bond motifs is 2. The average molecular weight is 696 g/mol. The Bertz CT molecular complexity index is 1870. The number of aromatic nitrogens is 4. The zero-order valence-electron chi connectivity index (χ0n) is 29.4. The molecule has 1 aliphatic heterocycles. The van der Waals surface area contributed by atoms with Crippen molar-refractivity contribution in [2.75, 3.05) is 19.6 Å². The topological polar surface area (TPSA) is 180 Å². The van der Waals surface area contributed by atoms with Crippen LogP contribution in [0.2, 0.25) is 0 Å². The lowest BCUT2D eigenvalue weighted by molar-refractivity contribution is -0.132. The molecular weight excluding hydrogens is 650 g/mol. The van der Waals surface area contributed by atoms with E-state index in [1.165, 1.54) is 4.68 Å². The lowest BCUT2D eigenvalue weighted by Crippen LogP contribution is -2.54. The summed E-state index contributed by atoms with van der Waals surface area (Å²) in [6.07, 6.45) is 2.14. The number of hydrogen-bond acceptors (Lipinski definition) is 8. The van der Waals surface area contributed by atoms with Crippen molar-refractivity contribution >= 4 is 40.4 Å². The van der Waals surface area contributed by atoms with Crippen LogP contribution in [0.15, 0.2) is 66.9 Å². The summed E-state index contributed by atoms with van der Waals surface area (Å²) in [6.45, 7) is 7.48. The van der Waals surface area contributed by atoms with Gasteiger partial charge in [-0.05, 0) is 43.9 Å². The summed E-state index contributed by atoms with van der Waals surface area (Å²) in [6, 6.07) is 15.8. The number of pyridine rings is 1. The van der Waals surface area contributed by atoms with Crippen molar-refractivity contribution in [2.24, 2.45) is 5.92 Å². The first-order chi connectivity index (χ1) is 24.5. The summed E-state index contributed by atoms with van der Waals surface area (Å²) in [7, 11) is 0. The van der Waals surface area contributed by atoms with Crippen LogP contribution >= 0.6 is 0 Å². The van der Waals surface area contributed by atoms with Gasteiger partial charge in [0.05, 0.1) is 17.1 Å². The highest BCUT2D eigenvalue weighted by molar-refractivity contribution is 6.06. The molecule has 0 unspecified atom stereocenters. The molecule has 0 spiro atoms. The largest absolute Gasteiger partial charge is 0.353 e. The zero-order chi connectivity index (χ0) is 36.5. The number of hydrogen-bond donors (Lipinski definition) is 4. The Balaban J connectivity index is 1.42. The van der Waals surface area contributed by atoms with E-state index in [1.54, 1.807) is 31.0 Å². The molecule has 1 aliphatic rings. The highest BCUT2D eigenvalue weighted by Crippen LogP contribution is 2.22. The molecule has 5 amide bonds. The van der Waals surface area contributed by atoms with Crippen LogP contribution < -0.4 is 21.3 Å². The number of amides is 5. The molecule has 0 radical (unpaired) electrons. The second kappa shape index (κ2) is 16.8. The van der Waals surface area contributed by atoms with Crippen LogP contribution in [0.5, 0.6) is 0 Å². The summed E-state index contributed by atoms with van der Waals surface area (Å²) in [4.78, 5) is 78.0. The van der Waals surface area contributed by atoms with Gasteiger partial charge in [0.2, 0.25) is 23.6 Å². The maximum absolute atomic E-state index is 13.9. The highest BCUT2D eigenvalue weighted by Gasteiger charge is 2.31. The van der Waals surface area contributed by atoms with Gasteiger partial charge in [-0.3, -0.25) is 29.0 Å². The minimum Gasteiger partial charge on any atom is -0.353 e. The molecule has 3 heterocycles. The van der Waals surface area contributed by atoms with Crippen LogP contribution in [0.25, 0.3) is 10.9 Å². The Morgan fingerprint density at radius 3 is 2.41 bits per heavy atom. The van der Waals surface area contributed by atoms with E-state index in [9.17, 15) is 24.0 Å². The van der Waals surface area contributed by atoms with Gasteiger partial charge in [-0.15, -0.1) is 0 Å². The number of carbonyl (C=O) groups excluding carboxylic acids is 5. The molecule has 51 heavy (non-hydrogen) atoms. The van der Waals surface area contributed by atoms with Gasteiger partial charge in [0.25, 0.3) is 5.91 Å². The van der Waals surface area contributed by atoms with Crippen molar-refractivity contribution in [2.45, 2.75) is 71.6 Å². The molecule has 0 saturated carbocycles. The van der Waals surface area contributed by atoms with E-state index in [1.807, 2.05) is 68.4 Å². The molecule has 3 atom stereocenters. The Labute approximate surface area is 296 Å². The number of nitrogens with one attached hydrogen (secondary N) is 4. The summed E-state index contributed by atoms with van der Waals surface area (Å²) >= 11 is 0. The second-order valence-electron chi connectivity index (χ2n) is 13.1. The Morgan fingerprint density at radius 1 is 0.902 bits per heavy atom. The highest BCUT2D eigenvalue weighted by atomic mass is 16.2. The van der Waals surface area contributed by atoms with Gasteiger partial charge in [0, 0.05) is 44.1 Å². The van der Waals surface area contributed by atoms with Crippen molar-refractivity contribution in [3.8, 4) is 0 Å².